The highest BCUT2D eigenvalue weighted by atomic mass is 32.2. The Kier molecular flexibility index (Phi) is 5.43. The van der Waals surface area contributed by atoms with Crippen LogP contribution in [0, 0.1) is 17.1 Å². The van der Waals surface area contributed by atoms with Crippen LogP contribution in [-0.2, 0) is 14.6 Å². The van der Waals surface area contributed by atoms with E-state index in [-0.39, 0.29) is 15.5 Å². The van der Waals surface area contributed by atoms with Crippen molar-refractivity contribution < 1.29 is 26.8 Å². The molecule has 0 aliphatic heterocycles. The normalized spacial score (nSPS) is 13.8. The number of nitrogen functional groups attached to an aromatic ring is 1. The Morgan fingerprint density at radius 3 is 2.71 bits per heavy atom. The van der Waals surface area contributed by atoms with Gasteiger partial charge in [0.05, 0.1) is 5.56 Å². The fourth-order valence-electron chi connectivity index (χ4n) is 2.26. The Hall–Kier alpha value is -2.48. The van der Waals surface area contributed by atoms with Crippen LogP contribution in [0.1, 0.15) is 5.56 Å². The highest BCUT2D eigenvalue weighted by Crippen LogP contribution is 2.42. The van der Waals surface area contributed by atoms with Gasteiger partial charge in [0.2, 0.25) is 0 Å². The maximum Gasteiger partial charge on any atom is 0.540 e. The molecule has 28 heavy (non-hydrogen) atoms. The van der Waals surface area contributed by atoms with E-state index in [1.165, 1.54) is 12.1 Å². The summed E-state index contributed by atoms with van der Waals surface area (Å²) in [5.41, 5.74) is 5.93. The number of nitrogens with one attached hydrogen (secondary N) is 1. The van der Waals surface area contributed by atoms with E-state index in [1.54, 1.807) is 24.3 Å². The molecular formula is C16H14FN3O5PS2+. The van der Waals surface area contributed by atoms with E-state index in [2.05, 4.69) is 4.72 Å². The van der Waals surface area contributed by atoms with Crippen molar-refractivity contribution in [1.29, 1.82) is 5.26 Å². The lowest BCUT2D eigenvalue weighted by atomic mass is 10.2. The largest absolute Gasteiger partial charge is 0.540 e. The van der Waals surface area contributed by atoms with E-state index >= 15 is 0 Å². The number of anilines is 1. The standard InChI is InChI=1S/C16H13FN3O5PS2/c17-14-7-13(3-1-10(14)8-18)25-26(21,22)9-20-28(23,24)16-6-11-5-12(19)2-4-15(11)27-16/h1-7,20H,9,19H2,(H,21,22)/p+1. The quantitative estimate of drug-likeness (QED) is 0.341. The lowest BCUT2D eigenvalue weighted by molar-refractivity contribution is 0.377. The smallest absolute Gasteiger partial charge is 0.399 e. The number of sulfonamides is 1. The SMILES string of the molecule is N#Cc1ccc(OP(=O)([OH2+])CNS(=O)(=O)c2cc3cc(N)ccc3s2)cc1F. The summed E-state index contributed by atoms with van der Waals surface area (Å²) in [6.07, 6.45) is -0.812. The Balaban J connectivity index is 1.74. The Morgan fingerprint density at radius 1 is 1.29 bits per heavy atom. The van der Waals surface area contributed by atoms with Crippen molar-refractivity contribution in [2.75, 3.05) is 12.0 Å². The van der Waals surface area contributed by atoms with Crippen molar-refractivity contribution in [3.63, 3.8) is 0 Å². The van der Waals surface area contributed by atoms with E-state index in [1.807, 2.05) is 0 Å². The molecule has 1 atom stereocenters. The first kappa shape index (κ1) is 20.3. The molecule has 0 radical (unpaired) electrons. The number of hydrogen-bond donors (Lipinski definition) is 2. The van der Waals surface area contributed by atoms with Crippen LogP contribution in [0.4, 0.5) is 10.1 Å². The zero-order chi connectivity index (χ0) is 20.5. The van der Waals surface area contributed by atoms with Crippen LogP contribution < -0.4 is 15.0 Å². The Labute approximate surface area is 163 Å². The molecular weight excluding hydrogens is 428 g/mol. The average Bonchev–Trinajstić information content (AvgIpc) is 3.04. The number of fused-ring (bicyclic) bond motifs is 1. The lowest BCUT2D eigenvalue weighted by Crippen LogP contribution is -2.25. The zero-order valence-corrected chi connectivity index (χ0v) is 16.6. The summed E-state index contributed by atoms with van der Waals surface area (Å²) < 4.78 is 58.4. The first-order valence-corrected chi connectivity index (χ1v) is 11.7. The van der Waals surface area contributed by atoms with Crippen molar-refractivity contribution in [3.8, 4) is 11.8 Å². The molecule has 0 saturated heterocycles. The third-order valence-electron chi connectivity index (χ3n) is 3.56. The molecule has 1 unspecified atom stereocenters. The van der Waals surface area contributed by atoms with Gasteiger partial charge in [-0.05, 0) is 41.8 Å². The summed E-state index contributed by atoms with van der Waals surface area (Å²) in [5, 5.41) is 9.33. The van der Waals surface area contributed by atoms with Crippen LogP contribution in [0.5, 0.6) is 5.75 Å². The lowest BCUT2D eigenvalue weighted by Gasteiger charge is -2.10. The number of hydrogen-bond acceptors (Lipinski definition) is 7. The second-order valence-electron chi connectivity index (χ2n) is 5.69. The monoisotopic (exact) mass is 442 g/mol. The average molecular weight is 442 g/mol. The minimum Gasteiger partial charge on any atom is -0.399 e. The molecule has 5 N–H and O–H groups in total. The predicted molar refractivity (Wildman–Crippen MR) is 104 cm³/mol. The highest BCUT2D eigenvalue weighted by molar-refractivity contribution is 7.92. The molecule has 1 heterocycles. The zero-order valence-electron chi connectivity index (χ0n) is 14.0. The van der Waals surface area contributed by atoms with Crippen LogP contribution in [0.3, 0.4) is 0 Å². The van der Waals surface area contributed by atoms with Gasteiger partial charge in [-0.3, -0.25) is 0 Å². The molecule has 0 bridgehead atoms. The van der Waals surface area contributed by atoms with Crippen LogP contribution in [0.15, 0.2) is 46.7 Å². The Morgan fingerprint density at radius 2 is 2.04 bits per heavy atom. The maximum atomic E-state index is 13.6. The van der Waals surface area contributed by atoms with Crippen molar-refractivity contribution >= 4 is 44.7 Å². The number of benzene rings is 2. The summed E-state index contributed by atoms with van der Waals surface area (Å²) >= 11 is 0.996. The molecule has 0 amide bonds. The van der Waals surface area contributed by atoms with Crippen LogP contribution in [0.25, 0.3) is 10.1 Å². The highest BCUT2D eigenvalue weighted by Gasteiger charge is 2.32. The number of nitriles is 1. The first-order valence-electron chi connectivity index (χ1n) is 7.62. The first-order chi connectivity index (χ1) is 13.1. The number of halogens is 1. The van der Waals surface area contributed by atoms with Gasteiger partial charge in [0.15, 0.2) is 6.29 Å². The fourth-order valence-corrected chi connectivity index (χ4v) is 6.22. The molecule has 0 spiro atoms. The number of rotatable bonds is 6. The number of nitrogens with two attached hydrogens (primary N) is 1. The summed E-state index contributed by atoms with van der Waals surface area (Å²) in [6.45, 7) is 0. The summed E-state index contributed by atoms with van der Waals surface area (Å²) in [6, 6.07) is 11.1. The van der Waals surface area contributed by atoms with Crippen molar-refractivity contribution in [2.45, 2.75) is 4.21 Å². The number of nitrogens with zero attached hydrogens (tertiary/aromatic N) is 1. The number of thiophene rings is 1. The minimum atomic E-state index is -4.22. The van der Waals surface area contributed by atoms with Crippen LogP contribution >= 0.6 is 18.9 Å². The van der Waals surface area contributed by atoms with Gasteiger partial charge in [-0.25, -0.2) is 12.8 Å². The molecule has 0 fully saturated rings. The van der Waals surface area contributed by atoms with E-state index in [0.717, 1.165) is 23.5 Å². The molecule has 0 aliphatic carbocycles. The van der Waals surface area contributed by atoms with Crippen LogP contribution in [-0.4, -0.2) is 19.6 Å². The van der Waals surface area contributed by atoms with E-state index in [4.69, 9.17) is 20.4 Å². The van der Waals surface area contributed by atoms with Crippen molar-refractivity contribution in [2.24, 2.45) is 0 Å². The molecule has 146 valence electrons. The van der Waals surface area contributed by atoms with Gasteiger partial charge in [-0.2, -0.15) is 14.5 Å². The molecule has 12 heteroatoms. The third kappa shape index (κ3) is 4.49. The summed E-state index contributed by atoms with van der Waals surface area (Å²) in [7, 11) is -8.26. The van der Waals surface area contributed by atoms with Gasteiger partial charge in [0, 0.05) is 16.5 Å². The van der Waals surface area contributed by atoms with Crippen LogP contribution in [0.2, 0.25) is 0 Å². The topological polar surface area (TPSA) is 145 Å². The van der Waals surface area contributed by atoms with E-state index < -0.39 is 29.7 Å². The molecule has 3 rings (SSSR count). The third-order valence-corrected chi connectivity index (χ3v) is 7.84. The van der Waals surface area contributed by atoms with E-state index in [0.29, 0.717) is 15.8 Å². The van der Waals surface area contributed by atoms with Gasteiger partial charge in [-0.1, -0.05) is 0 Å². The predicted octanol–water partition coefficient (Wildman–Crippen LogP) is 2.73. The van der Waals surface area contributed by atoms with Gasteiger partial charge < -0.3 is 15.2 Å². The summed E-state index contributed by atoms with van der Waals surface area (Å²) in [4.78, 5) is 7.72. The van der Waals surface area contributed by atoms with Gasteiger partial charge in [-0.15, -0.1) is 11.3 Å². The molecule has 2 aromatic carbocycles. The van der Waals surface area contributed by atoms with E-state index in [9.17, 15) is 17.4 Å². The van der Waals surface area contributed by atoms with Gasteiger partial charge >= 0.3 is 7.60 Å². The van der Waals surface area contributed by atoms with Crippen molar-refractivity contribution in [3.05, 3.63) is 53.8 Å². The molecule has 0 aliphatic rings. The molecule has 8 nitrogen and oxygen atoms in total. The maximum absolute atomic E-state index is 13.6. The Bertz CT molecular complexity index is 1250. The minimum absolute atomic E-state index is 0.0301. The molecule has 3 aromatic rings. The second-order valence-corrected chi connectivity index (χ2v) is 10.6. The molecule has 0 saturated carbocycles. The second kappa shape index (κ2) is 7.50. The molecule has 1 aromatic heterocycles. The van der Waals surface area contributed by atoms with Gasteiger partial charge in [0.25, 0.3) is 10.0 Å². The van der Waals surface area contributed by atoms with Gasteiger partial charge in [0.1, 0.15) is 21.8 Å². The fraction of sp³-hybridized carbons (Fsp3) is 0.0625. The summed E-state index contributed by atoms with van der Waals surface area (Å²) in [5.74, 6) is -1.14. The van der Waals surface area contributed by atoms with Crippen molar-refractivity contribution in [1.82, 2.24) is 4.72 Å².